The molecule has 1 heterocycles. The van der Waals surface area contributed by atoms with Crippen molar-refractivity contribution < 1.29 is 26.3 Å². The predicted molar refractivity (Wildman–Crippen MR) is 86.9 cm³/mol. The van der Waals surface area contributed by atoms with Crippen LogP contribution in [0.1, 0.15) is 5.56 Å². The molecule has 0 radical (unpaired) electrons. The van der Waals surface area contributed by atoms with Crippen molar-refractivity contribution >= 4 is 53.2 Å². The van der Waals surface area contributed by atoms with Crippen LogP contribution in [0.5, 0.6) is 5.75 Å². The lowest BCUT2D eigenvalue weighted by molar-refractivity contribution is -0.274. The maximum absolute atomic E-state index is 12.3. The first-order chi connectivity index (χ1) is 10.6. The van der Waals surface area contributed by atoms with Gasteiger partial charge in [0.05, 0.1) is 3.79 Å². The van der Waals surface area contributed by atoms with Gasteiger partial charge in [0, 0.05) is 16.6 Å². The minimum absolute atomic E-state index is 0.0328. The standard InChI is InChI=1S/C12H8Br2F3NO3S2/c13-8-5-10(22-11(8)14)23(19,20)18-6-7-3-1-2-4-9(7)21-12(15,16)17/h1-5,18H,6H2. The first-order valence-corrected chi connectivity index (χ1v) is 9.75. The number of hydrogen-bond donors (Lipinski definition) is 1. The Balaban J connectivity index is 2.17. The summed E-state index contributed by atoms with van der Waals surface area (Å²) in [5, 5.41) is 0. The summed E-state index contributed by atoms with van der Waals surface area (Å²) in [6.07, 6.45) is -4.85. The zero-order chi connectivity index (χ0) is 17.3. The molecule has 0 saturated heterocycles. The summed E-state index contributed by atoms with van der Waals surface area (Å²) in [6, 6.07) is 6.73. The van der Waals surface area contributed by atoms with E-state index in [1.165, 1.54) is 24.3 Å². The molecule has 1 aromatic carbocycles. The molecule has 0 aliphatic carbocycles. The largest absolute Gasteiger partial charge is 0.573 e. The van der Waals surface area contributed by atoms with Gasteiger partial charge < -0.3 is 4.74 Å². The molecule has 4 nitrogen and oxygen atoms in total. The fourth-order valence-corrected chi connectivity index (χ4v) is 5.45. The van der Waals surface area contributed by atoms with Crippen molar-refractivity contribution in [1.82, 2.24) is 4.72 Å². The molecule has 0 aliphatic heterocycles. The summed E-state index contributed by atoms with van der Waals surface area (Å²) in [5.74, 6) is -0.448. The monoisotopic (exact) mass is 493 g/mol. The molecular formula is C12H8Br2F3NO3S2. The van der Waals surface area contributed by atoms with Gasteiger partial charge in [-0.25, -0.2) is 13.1 Å². The molecule has 2 aromatic rings. The summed E-state index contributed by atoms with van der Waals surface area (Å²) in [5.41, 5.74) is 0.0723. The van der Waals surface area contributed by atoms with Gasteiger partial charge in [0.1, 0.15) is 9.96 Å². The molecule has 0 amide bonds. The normalized spacial score (nSPS) is 12.4. The predicted octanol–water partition coefficient (Wildman–Crippen LogP) is 4.65. The van der Waals surface area contributed by atoms with Crippen LogP contribution in [0.4, 0.5) is 13.2 Å². The summed E-state index contributed by atoms with van der Waals surface area (Å²) >= 11 is 7.34. The Bertz CT molecular complexity index is 787. The Kier molecular flexibility index (Phi) is 5.77. The maximum Gasteiger partial charge on any atom is 0.573 e. The van der Waals surface area contributed by atoms with Gasteiger partial charge in [-0.3, -0.25) is 0 Å². The number of nitrogens with one attached hydrogen (secondary N) is 1. The molecule has 0 atom stereocenters. The van der Waals surface area contributed by atoms with Crippen LogP contribution in [0, 0.1) is 0 Å². The first-order valence-electron chi connectivity index (χ1n) is 5.86. The first kappa shape index (κ1) is 18.7. The molecule has 0 fully saturated rings. The van der Waals surface area contributed by atoms with Crippen molar-refractivity contribution in [2.45, 2.75) is 17.1 Å². The molecule has 0 aliphatic rings. The van der Waals surface area contributed by atoms with Gasteiger partial charge in [0.2, 0.25) is 10.0 Å². The second-order valence-corrected chi connectivity index (χ2v) is 9.39. The molecule has 11 heteroatoms. The highest BCUT2D eigenvalue weighted by Crippen LogP contribution is 2.35. The smallest absolute Gasteiger partial charge is 0.405 e. The van der Waals surface area contributed by atoms with E-state index in [0.29, 0.717) is 8.26 Å². The third-order valence-corrected chi connectivity index (χ3v) is 7.67. The number of benzene rings is 1. The summed E-state index contributed by atoms with van der Waals surface area (Å²) in [4.78, 5) is 0. The van der Waals surface area contributed by atoms with E-state index in [-0.39, 0.29) is 16.3 Å². The van der Waals surface area contributed by atoms with Crippen LogP contribution in [-0.4, -0.2) is 14.8 Å². The van der Waals surface area contributed by atoms with Crippen LogP contribution in [0.3, 0.4) is 0 Å². The Hall–Kier alpha value is -0.620. The van der Waals surface area contributed by atoms with E-state index in [1.54, 1.807) is 0 Å². The van der Waals surface area contributed by atoms with E-state index < -0.39 is 22.1 Å². The Morgan fingerprint density at radius 2 is 1.87 bits per heavy atom. The number of halogens is 5. The minimum atomic E-state index is -4.85. The number of thiophene rings is 1. The summed E-state index contributed by atoms with van der Waals surface area (Å²) in [6.45, 7) is -0.332. The second kappa shape index (κ2) is 7.09. The fourth-order valence-electron chi connectivity index (χ4n) is 1.58. The summed E-state index contributed by atoms with van der Waals surface area (Å²) in [7, 11) is -3.85. The minimum Gasteiger partial charge on any atom is -0.405 e. The van der Waals surface area contributed by atoms with Crippen molar-refractivity contribution in [3.8, 4) is 5.75 Å². The van der Waals surface area contributed by atoms with E-state index in [0.717, 1.165) is 17.4 Å². The van der Waals surface area contributed by atoms with Crippen LogP contribution in [-0.2, 0) is 16.6 Å². The van der Waals surface area contributed by atoms with E-state index in [9.17, 15) is 21.6 Å². The van der Waals surface area contributed by atoms with E-state index in [2.05, 4.69) is 41.3 Å². The van der Waals surface area contributed by atoms with Crippen LogP contribution < -0.4 is 9.46 Å². The lowest BCUT2D eigenvalue weighted by atomic mass is 10.2. The van der Waals surface area contributed by atoms with Crippen LogP contribution >= 0.6 is 43.2 Å². The Labute approximate surface area is 151 Å². The van der Waals surface area contributed by atoms with Crippen molar-refractivity contribution in [3.63, 3.8) is 0 Å². The van der Waals surface area contributed by atoms with Crippen molar-refractivity contribution in [1.29, 1.82) is 0 Å². The molecule has 0 bridgehead atoms. The highest BCUT2D eigenvalue weighted by atomic mass is 79.9. The highest BCUT2D eigenvalue weighted by Gasteiger charge is 2.32. The lowest BCUT2D eigenvalue weighted by Crippen LogP contribution is -2.24. The van der Waals surface area contributed by atoms with Crippen LogP contribution in [0.15, 0.2) is 42.8 Å². The van der Waals surface area contributed by atoms with Gasteiger partial charge in [-0.1, -0.05) is 18.2 Å². The molecule has 126 valence electrons. The van der Waals surface area contributed by atoms with Gasteiger partial charge in [0.25, 0.3) is 0 Å². The topological polar surface area (TPSA) is 55.4 Å². The van der Waals surface area contributed by atoms with Gasteiger partial charge in [-0.2, -0.15) is 0 Å². The SMILES string of the molecule is O=S(=O)(NCc1ccccc1OC(F)(F)F)c1cc(Br)c(Br)s1. The average molecular weight is 495 g/mol. The second-order valence-electron chi connectivity index (χ2n) is 4.17. The van der Waals surface area contributed by atoms with Crippen LogP contribution in [0.25, 0.3) is 0 Å². The Morgan fingerprint density at radius 1 is 1.22 bits per heavy atom. The Morgan fingerprint density at radius 3 is 2.43 bits per heavy atom. The molecule has 2 rings (SSSR count). The van der Waals surface area contributed by atoms with Gasteiger partial charge in [-0.05, 0) is 44.0 Å². The third kappa shape index (κ3) is 5.18. The number of sulfonamides is 1. The number of rotatable bonds is 5. The highest BCUT2D eigenvalue weighted by molar-refractivity contribution is 9.13. The van der Waals surface area contributed by atoms with Crippen molar-refractivity contribution in [2.24, 2.45) is 0 Å². The van der Waals surface area contributed by atoms with Crippen molar-refractivity contribution in [3.05, 3.63) is 44.2 Å². The lowest BCUT2D eigenvalue weighted by Gasteiger charge is -2.13. The quantitative estimate of drug-likeness (QED) is 0.658. The van der Waals surface area contributed by atoms with Gasteiger partial charge >= 0.3 is 6.36 Å². The number of alkyl halides is 3. The van der Waals surface area contributed by atoms with Gasteiger partial charge in [0.15, 0.2) is 0 Å². The third-order valence-electron chi connectivity index (χ3n) is 2.54. The maximum atomic E-state index is 12.3. The molecule has 1 aromatic heterocycles. The van der Waals surface area contributed by atoms with E-state index >= 15 is 0 Å². The van der Waals surface area contributed by atoms with E-state index in [4.69, 9.17) is 0 Å². The number of ether oxygens (including phenoxy) is 1. The molecule has 1 N–H and O–H groups in total. The zero-order valence-electron chi connectivity index (χ0n) is 11.0. The zero-order valence-corrected chi connectivity index (χ0v) is 15.8. The molecular weight excluding hydrogens is 487 g/mol. The number of para-hydroxylation sites is 1. The number of hydrogen-bond acceptors (Lipinski definition) is 4. The summed E-state index contributed by atoms with van der Waals surface area (Å²) < 4.78 is 68.7. The molecule has 0 spiro atoms. The molecule has 0 unspecified atom stereocenters. The molecule has 23 heavy (non-hydrogen) atoms. The van der Waals surface area contributed by atoms with E-state index in [1.807, 2.05) is 0 Å². The molecule has 0 saturated carbocycles. The van der Waals surface area contributed by atoms with Gasteiger partial charge in [-0.15, -0.1) is 24.5 Å². The average Bonchev–Trinajstić information content (AvgIpc) is 2.77. The van der Waals surface area contributed by atoms with Crippen molar-refractivity contribution in [2.75, 3.05) is 0 Å². The fraction of sp³-hybridized carbons (Fsp3) is 0.167. The van der Waals surface area contributed by atoms with Crippen LogP contribution in [0.2, 0.25) is 0 Å².